The standard InChI is InChI=1S/C16H20FN3O2S/c1-20-13-10-11(17)2-3-12(13)19-14(20)4-7-18-15(21)16(22)5-8-23-9-6-16/h2-3,10,22H,4-9H2,1H3,(H,18,21). The van der Waals surface area contributed by atoms with Gasteiger partial charge in [0.2, 0.25) is 0 Å². The maximum atomic E-state index is 13.3. The molecule has 2 heterocycles. The molecule has 1 aromatic carbocycles. The second-order valence-corrected chi connectivity index (χ2v) is 7.09. The summed E-state index contributed by atoms with van der Waals surface area (Å²) in [7, 11) is 1.83. The highest BCUT2D eigenvalue weighted by atomic mass is 32.2. The van der Waals surface area contributed by atoms with Crippen LogP contribution < -0.4 is 5.32 Å². The molecule has 0 bridgehead atoms. The van der Waals surface area contributed by atoms with Gasteiger partial charge in [-0.3, -0.25) is 4.79 Å². The number of carbonyl (C=O) groups excluding carboxylic acids is 1. The predicted octanol–water partition coefficient (Wildman–Crippen LogP) is 1.63. The molecule has 1 saturated heterocycles. The summed E-state index contributed by atoms with van der Waals surface area (Å²) in [5.41, 5.74) is 0.230. The van der Waals surface area contributed by atoms with Crippen LogP contribution in [0, 0.1) is 5.82 Å². The van der Waals surface area contributed by atoms with E-state index in [0.717, 1.165) is 28.4 Å². The Morgan fingerprint density at radius 3 is 2.96 bits per heavy atom. The number of aliphatic hydroxyl groups is 1. The van der Waals surface area contributed by atoms with Gasteiger partial charge in [-0.25, -0.2) is 9.37 Å². The Bertz CT molecular complexity index is 725. The number of hydrogen-bond acceptors (Lipinski definition) is 4. The van der Waals surface area contributed by atoms with Crippen molar-refractivity contribution in [1.29, 1.82) is 0 Å². The van der Waals surface area contributed by atoms with Gasteiger partial charge in [0.25, 0.3) is 5.91 Å². The molecule has 1 aliphatic heterocycles. The lowest BCUT2D eigenvalue weighted by Gasteiger charge is -2.30. The molecule has 23 heavy (non-hydrogen) atoms. The first kappa shape index (κ1) is 16.3. The van der Waals surface area contributed by atoms with Crippen molar-refractivity contribution in [1.82, 2.24) is 14.9 Å². The van der Waals surface area contributed by atoms with Crippen LogP contribution in [0.2, 0.25) is 0 Å². The van der Waals surface area contributed by atoms with Crippen LogP contribution in [0.4, 0.5) is 4.39 Å². The number of fused-ring (bicyclic) bond motifs is 1. The molecule has 0 atom stereocenters. The number of halogens is 1. The van der Waals surface area contributed by atoms with Crippen LogP contribution in [-0.2, 0) is 18.3 Å². The van der Waals surface area contributed by atoms with E-state index < -0.39 is 5.60 Å². The monoisotopic (exact) mass is 337 g/mol. The Balaban J connectivity index is 1.62. The van der Waals surface area contributed by atoms with Gasteiger partial charge in [-0.2, -0.15) is 11.8 Å². The van der Waals surface area contributed by atoms with Gasteiger partial charge in [0.1, 0.15) is 17.2 Å². The second kappa shape index (κ2) is 6.49. The molecule has 0 radical (unpaired) electrons. The Labute approximate surface area is 138 Å². The summed E-state index contributed by atoms with van der Waals surface area (Å²) >= 11 is 1.76. The number of imidazole rings is 1. The highest BCUT2D eigenvalue weighted by molar-refractivity contribution is 7.99. The van der Waals surface area contributed by atoms with Gasteiger partial charge in [0.15, 0.2) is 0 Å². The summed E-state index contributed by atoms with van der Waals surface area (Å²) < 4.78 is 15.1. The summed E-state index contributed by atoms with van der Waals surface area (Å²) in [5, 5.41) is 13.1. The number of carbonyl (C=O) groups is 1. The lowest BCUT2D eigenvalue weighted by atomic mass is 9.96. The third-order valence-electron chi connectivity index (χ3n) is 4.31. The molecule has 1 aliphatic rings. The SMILES string of the molecule is Cn1c(CCNC(=O)C2(O)CCSCC2)nc2ccc(F)cc21. The van der Waals surface area contributed by atoms with E-state index in [4.69, 9.17) is 0 Å². The van der Waals surface area contributed by atoms with Crippen molar-refractivity contribution < 1.29 is 14.3 Å². The Hall–Kier alpha value is -1.60. The number of rotatable bonds is 4. The molecule has 0 spiro atoms. The molecule has 1 aromatic heterocycles. The predicted molar refractivity (Wildman–Crippen MR) is 88.9 cm³/mol. The number of nitrogens with one attached hydrogen (secondary N) is 1. The fraction of sp³-hybridized carbons (Fsp3) is 0.500. The van der Waals surface area contributed by atoms with Gasteiger partial charge >= 0.3 is 0 Å². The highest BCUT2D eigenvalue weighted by Crippen LogP contribution is 2.27. The molecule has 0 saturated carbocycles. The lowest BCUT2D eigenvalue weighted by molar-refractivity contribution is -0.140. The van der Waals surface area contributed by atoms with Crippen LogP contribution in [0.3, 0.4) is 0 Å². The highest BCUT2D eigenvalue weighted by Gasteiger charge is 2.37. The number of aryl methyl sites for hydroxylation is 1. The van der Waals surface area contributed by atoms with Crippen molar-refractivity contribution in [2.24, 2.45) is 7.05 Å². The summed E-state index contributed by atoms with van der Waals surface area (Å²) in [4.78, 5) is 16.6. The zero-order valence-electron chi connectivity index (χ0n) is 13.0. The average Bonchev–Trinajstić information content (AvgIpc) is 2.84. The number of aromatic nitrogens is 2. The number of thioether (sulfide) groups is 1. The van der Waals surface area contributed by atoms with Crippen LogP contribution in [0.1, 0.15) is 18.7 Å². The molecule has 0 unspecified atom stereocenters. The fourth-order valence-corrected chi connectivity index (χ4v) is 3.99. The second-order valence-electron chi connectivity index (χ2n) is 5.87. The molecule has 1 fully saturated rings. The van der Waals surface area contributed by atoms with Crippen molar-refractivity contribution in [3.05, 3.63) is 29.8 Å². The molecule has 1 amide bonds. The van der Waals surface area contributed by atoms with Gasteiger partial charge in [-0.15, -0.1) is 0 Å². The van der Waals surface area contributed by atoms with Crippen molar-refractivity contribution >= 4 is 28.7 Å². The minimum atomic E-state index is -1.24. The van der Waals surface area contributed by atoms with Crippen molar-refractivity contribution in [2.45, 2.75) is 24.9 Å². The Morgan fingerprint density at radius 2 is 2.22 bits per heavy atom. The van der Waals surface area contributed by atoms with E-state index in [0.29, 0.717) is 25.8 Å². The first-order chi connectivity index (χ1) is 11.0. The average molecular weight is 337 g/mol. The van der Waals surface area contributed by atoms with E-state index in [-0.39, 0.29) is 11.7 Å². The van der Waals surface area contributed by atoms with Gasteiger partial charge in [0.05, 0.1) is 11.0 Å². The number of nitrogens with zero attached hydrogens (tertiary/aromatic N) is 2. The molecule has 2 aromatic rings. The van der Waals surface area contributed by atoms with E-state index in [9.17, 15) is 14.3 Å². The van der Waals surface area contributed by atoms with Crippen molar-refractivity contribution in [2.75, 3.05) is 18.1 Å². The molecule has 0 aliphatic carbocycles. The smallest absolute Gasteiger partial charge is 0.252 e. The zero-order valence-corrected chi connectivity index (χ0v) is 13.8. The largest absolute Gasteiger partial charge is 0.380 e. The van der Waals surface area contributed by atoms with Gasteiger partial charge in [-0.05, 0) is 42.5 Å². The lowest BCUT2D eigenvalue weighted by Crippen LogP contribution is -2.49. The zero-order chi connectivity index (χ0) is 16.4. The molecule has 5 nitrogen and oxygen atoms in total. The van der Waals surface area contributed by atoms with Crippen molar-refractivity contribution in [3.63, 3.8) is 0 Å². The summed E-state index contributed by atoms with van der Waals surface area (Å²) in [6.45, 7) is 0.397. The topological polar surface area (TPSA) is 67.2 Å². The van der Waals surface area contributed by atoms with Crippen LogP contribution in [0.25, 0.3) is 11.0 Å². The van der Waals surface area contributed by atoms with Crippen LogP contribution in [-0.4, -0.2) is 44.2 Å². The molecular formula is C16H20FN3O2S. The van der Waals surface area contributed by atoms with Crippen molar-refractivity contribution in [3.8, 4) is 0 Å². The first-order valence-corrected chi connectivity index (χ1v) is 8.84. The van der Waals surface area contributed by atoms with E-state index in [1.165, 1.54) is 12.1 Å². The van der Waals surface area contributed by atoms with E-state index in [1.54, 1.807) is 17.8 Å². The van der Waals surface area contributed by atoms with Gasteiger partial charge in [0, 0.05) is 20.0 Å². The Morgan fingerprint density at radius 1 is 1.48 bits per heavy atom. The maximum absolute atomic E-state index is 13.3. The number of amides is 1. The number of hydrogen-bond donors (Lipinski definition) is 2. The summed E-state index contributed by atoms with van der Waals surface area (Å²) in [6.07, 6.45) is 1.52. The Kier molecular flexibility index (Phi) is 4.59. The van der Waals surface area contributed by atoms with Crippen LogP contribution in [0.5, 0.6) is 0 Å². The molecular weight excluding hydrogens is 317 g/mol. The van der Waals surface area contributed by atoms with E-state index >= 15 is 0 Å². The normalized spacial score (nSPS) is 17.3. The van der Waals surface area contributed by atoms with E-state index in [1.807, 2.05) is 11.6 Å². The minimum Gasteiger partial charge on any atom is -0.380 e. The van der Waals surface area contributed by atoms with Crippen LogP contribution in [0.15, 0.2) is 18.2 Å². The summed E-state index contributed by atoms with van der Waals surface area (Å²) in [5.74, 6) is 1.79. The third kappa shape index (κ3) is 3.35. The first-order valence-electron chi connectivity index (χ1n) is 7.69. The maximum Gasteiger partial charge on any atom is 0.252 e. The molecule has 124 valence electrons. The van der Waals surface area contributed by atoms with Gasteiger partial charge in [-0.1, -0.05) is 0 Å². The molecule has 3 rings (SSSR count). The summed E-state index contributed by atoms with van der Waals surface area (Å²) in [6, 6.07) is 4.49. The third-order valence-corrected chi connectivity index (χ3v) is 5.30. The quantitative estimate of drug-likeness (QED) is 0.890. The number of benzene rings is 1. The molecule has 2 N–H and O–H groups in total. The van der Waals surface area contributed by atoms with Crippen LogP contribution >= 0.6 is 11.8 Å². The fourth-order valence-electron chi connectivity index (χ4n) is 2.82. The van der Waals surface area contributed by atoms with Gasteiger partial charge < -0.3 is 15.0 Å². The molecule has 7 heteroatoms. The minimum absolute atomic E-state index is 0.294. The van der Waals surface area contributed by atoms with E-state index in [2.05, 4.69) is 10.3 Å².